The number of benzene rings is 1. The van der Waals surface area contributed by atoms with E-state index in [9.17, 15) is 14.7 Å². The highest BCUT2D eigenvalue weighted by atomic mass is 16.6. The Hall–Kier alpha value is -2.14. The van der Waals surface area contributed by atoms with E-state index in [1.165, 1.54) is 6.92 Å². The molecule has 1 aliphatic heterocycles. The minimum atomic E-state index is -0.913. The summed E-state index contributed by atoms with van der Waals surface area (Å²) in [5.74, 6) is -0.772. The standard InChI is InChI=1S/C12H11NO4/c1-7(14)9(8-5-3-2-4-6-8)10-11(15)13-12(16)17-10/h2-7,14H,1H3,(H,13,15,16)/b10-9+. The molecule has 0 aromatic heterocycles. The Morgan fingerprint density at radius 2 is 1.94 bits per heavy atom. The molecule has 88 valence electrons. The summed E-state index contributed by atoms with van der Waals surface area (Å²) in [5.41, 5.74) is 0.941. The maximum atomic E-state index is 11.5. The number of carbonyl (C=O) groups excluding carboxylic acids is 2. The molecule has 1 saturated heterocycles. The van der Waals surface area contributed by atoms with Crippen molar-refractivity contribution in [2.75, 3.05) is 0 Å². The zero-order valence-corrected chi connectivity index (χ0v) is 9.14. The molecule has 5 heteroatoms. The fraction of sp³-hybridized carbons (Fsp3) is 0.167. The van der Waals surface area contributed by atoms with E-state index in [0.717, 1.165) is 0 Å². The van der Waals surface area contributed by atoms with E-state index in [1.54, 1.807) is 24.3 Å². The summed E-state index contributed by atoms with van der Waals surface area (Å²) in [6, 6.07) is 8.82. The van der Waals surface area contributed by atoms with Crippen LogP contribution in [0.25, 0.3) is 5.57 Å². The molecule has 2 amide bonds. The monoisotopic (exact) mass is 233 g/mol. The van der Waals surface area contributed by atoms with Gasteiger partial charge >= 0.3 is 6.09 Å². The van der Waals surface area contributed by atoms with Crippen molar-refractivity contribution in [1.29, 1.82) is 0 Å². The molecule has 17 heavy (non-hydrogen) atoms. The lowest BCUT2D eigenvalue weighted by Gasteiger charge is -2.11. The number of ether oxygens (including phenoxy) is 1. The molecular formula is C12H11NO4. The van der Waals surface area contributed by atoms with Gasteiger partial charge in [-0.15, -0.1) is 0 Å². The zero-order valence-electron chi connectivity index (χ0n) is 9.14. The van der Waals surface area contributed by atoms with Crippen molar-refractivity contribution in [2.45, 2.75) is 13.0 Å². The van der Waals surface area contributed by atoms with Crippen molar-refractivity contribution in [3.05, 3.63) is 41.7 Å². The second kappa shape index (κ2) is 4.39. The Balaban J connectivity index is 2.53. The van der Waals surface area contributed by atoms with Crippen LogP contribution in [0, 0.1) is 0 Å². The van der Waals surface area contributed by atoms with E-state index in [-0.39, 0.29) is 5.76 Å². The first-order chi connectivity index (χ1) is 8.09. The lowest BCUT2D eigenvalue weighted by molar-refractivity contribution is -0.116. The van der Waals surface area contributed by atoms with E-state index < -0.39 is 18.1 Å². The summed E-state index contributed by atoms with van der Waals surface area (Å²) < 4.78 is 4.77. The largest absolute Gasteiger partial charge is 0.419 e. The third-order valence-corrected chi connectivity index (χ3v) is 2.36. The third-order valence-electron chi connectivity index (χ3n) is 2.36. The van der Waals surface area contributed by atoms with Crippen LogP contribution in [0.15, 0.2) is 36.1 Å². The molecule has 0 bridgehead atoms. The molecule has 1 atom stereocenters. The maximum Gasteiger partial charge on any atom is 0.419 e. The molecule has 1 aromatic rings. The quantitative estimate of drug-likeness (QED) is 0.748. The smallest absolute Gasteiger partial charge is 0.404 e. The third kappa shape index (κ3) is 2.19. The fourth-order valence-corrected chi connectivity index (χ4v) is 1.67. The Morgan fingerprint density at radius 3 is 2.41 bits per heavy atom. The topological polar surface area (TPSA) is 75.6 Å². The molecule has 1 aromatic carbocycles. The Morgan fingerprint density at radius 1 is 1.29 bits per heavy atom. The second-order valence-electron chi connectivity index (χ2n) is 3.63. The molecule has 2 N–H and O–H groups in total. The van der Waals surface area contributed by atoms with Crippen LogP contribution in [0.4, 0.5) is 4.79 Å². The molecule has 0 saturated carbocycles. The average molecular weight is 233 g/mol. The SMILES string of the molecule is CC(O)/C(=C1\OC(=O)NC1=O)c1ccccc1. The fourth-order valence-electron chi connectivity index (χ4n) is 1.67. The van der Waals surface area contributed by atoms with Crippen LogP contribution in [0.3, 0.4) is 0 Å². The Labute approximate surface area is 97.7 Å². The van der Waals surface area contributed by atoms with Gasteiger partial charge in [-0.05, 0) is 12.5 Å². The average Bonchev–Trinajstić information content (AvgIpc) is 2.59. The van der Waals surface area contributed by atoms with Gasteiger partial charge < -0.3 is 9.84 Å². The number of imide groups is 1. The van der Waals surface area contributed by atoms with Gasteiger partial charge in [0, 0.05) is 5.57 Å². The van der Waals surface area contributed by atoms with Crippen molar-refractivity contribution in [3.8, 4) is 0 Å². The van der Waals surface area contributed by atoms with E-state index in [0.29, 0.717) is 11.1 Å². The molecule has 1 unspecified atom stereocenters. The van der Waals surface area contributed by atoms with Gasteiger partial charge in [-0.2, -0.15) is 0 Å². The summed E-state index contributed by atoms with van der Waals surface area (Å²) in [6.45, 7) is 1.51. The van der Waals surface area contributed by atoms with Gasteiger partial charge in [0.05, 0.1) is 6.10 Å². The van der Waals surface area contributed by atoms with Gasteiger partial charge in [0.25, 0.3) is 5.91 Å². The number of carbonyl (C=O) groups is 2. The number of alkyl carbamates (subject to hydrolysis) is 1. The van der Waals surface area contributed by atoms with Crippen molar-refractivity contribution in [3.63, 3.8) is 0 Å². The highest BCUT2D eigenvalue weighted by Crippen LogP contribution is 2.25. The van der Waals surface area contributed by atoms with Crippen LogP contribution in [-0.4, -0.2) is 23.2 Å². The van der Waals surface area contributed by atoms with Crippen LogP contribution >= 0.6 is 0 Å². The summed E-state index contributed by atoms with van der Waals surface area (Å²) in [7, 11) is 0. The number of aliphatic hydroxyl groups excluding tert-OH is 1. The molecule has 2 rings (SSSR count). The first-order valence-electron chi connectivity index (χ1n) is 5.10. The number of hydrogen-bond acceptors (Lipinski definition) is 4. The van der Waals surface area contributed by atoms with E-state index >= 15 is 0 Å². The number of hydrogen-bond donors (Lipinski definition) is 2. The predicted octanol–water partition coefficient (Wildman–Crippen LogP) is 1.04. The van der Waals surface area contributed by atoms with Crippen molar-refractivity contribution >= 4 is 17.6 Å². The number of amides is 2. The minimum Gasteiger partial charge on any atom is -0.404 e. The van der Waals surface area contributed by atoms with Crippen LogP contribution < -0.4 is 5.32 Å². The first-order valence-corrected chi connectivity index (χ1v) is 5.10. The summed E-state index contributed by atoms with van der Waals surface area (Å²) >= 11 is 0. The molecule has 0 radical (unpaired) electrons. The maximum absolute atomic E-state index is 11.5. The van der Waals surface area contributed by atoms with Gasteiger partial charge in [-0.3, -0.25) is 10.1 Å². The molecule has 0 aliphatic carbocycles. The van der Waals surface area contributed by atoms with Crippen molar-refractivity contribution in [2.24, 2.45) is 0 Å². The number of nitrogens with one attached hydrogen (secondary N) is 1. The van der Waals surface area contributed by atoms with E-state index in [2.05, 4.69) is 0 Å². The molecular weight excluding hydrogens is 222 g/mol. The molecule has 1 heterocycles. The molecule has 5 nitrogen and oxygen atoms in total. The molecule has 1 fully saturated rings. The summed E-state index contributed by atoms with van der Waals surface area (Å²) in [5, 5.41) is 11.7. The molecule has 0 spiro atoms. The normalized spacial score (nSPS) is 19.6. The first kappa shape index (κ1) is 11.3. The van der Waals surface area contributed by atoms with Crippen LogP contribution in [0.2, 0.25) is 0 Å². The minimum absolute atomic E-state index is 0.142. The second-order valence-corrected chi connectivity index (χ2v) is 3.63. The van der Waals surface area contributed by atoms with Crippen LogP contribution in [0.1, 0.15) is 12.5 Å². The lowest BCUT2D eigenvalue weighted by atomic mass is 10.00. The highest BCUT2D eigenvalue weighted by molar-refractivity contribution is 6.12. The molecule has 1 aliphatic rings. The summed E-state index contributed by atoms with van der Waals surface area (Å²) in [6.07, 6.45) is -1.73. The van der Waals surface area contributed by atoms with Crippen molar-refractivity contribution < 1.29 is 19.4 Å². The highest BCUT2D eigenvalue weighted by Gasteiger charge is 2.31. The summed E-state index contributed by atoms with van der Waals surface area (Å²) in [4.78, 5) is 22.4. The predicted molar refractivity (Wildman–Crippen MR) is 59.7 cm³/mol. The number of cyclic esters (lactones) is 1. The van der Waals surface area contributed by atoms with Gasteiger partial charge in [0.15, 0.2) is 0 Å². The van der Waals surface area contributed by atoms with Crippen molar-refractivity contribution in [1.82, 2.24) is 5.32 Å². The lowest BCUT2D eigenvalue weighted by Crippen LogP contribution is -2.19. The van der Waals surface area contributed by atoms with E-state index in [4.69, 9.17) is 4.74 Å². The van der Waals surface area contributed by atoms with Gasteiger partial charge in [0.2, 0.25) is 5.76 Å². The van der Waals surface area contributed by atoms with E-state index in [1.807, 2.05) is 11.4 Å². The zero-order chi connectivity index (χ0) is 12.4. The number of aliphatic hydroxyl groups is 1. The van der Waals surface area contributed by atoms with Gasteiger partial charge in [0.1, 0.15) is 0 Å². The van der Waals surface area contributed by atoms with Crippen LogP contribution in [0.5, 0.6) is 0 Å². The van der Waals surface area contributed by atoms with Gasteiger partial charge in [-0.1, -0.05) is 30.3 Å². The Kier molecular flexibility index (Phi) is 2.93. The Bertz CT molecular complexity index is 490. The van der Waals surface area contributed by atoms with Crippen LogP contribution in [-0.2, 0) is 9.53 Å². The number of rotatable bonds is 2. The van der Waals surface area contributed by atoms with Gasteiger partial charge in [-0.25, -0.2) is 4.79 Å².